The van der Waals surface area contributed by atoms with Crippen molar-refractivity contribution in [3.63, 3.8) is 0 Å². The van der Waals surface area contributed by atoms with Crippen LogP contribution in [0.25, 0.3) is 0 Å². The van der Waals surface area contributed by atoms with Crippen LogP contribution in [0.15, 0.2) is 24.4 Å². The van der Waals surface area contributed by atoms with E-state index >= 15 is 0 Å². The summed E-state index contributed by atoms with van der Waals surface area (Å²) in [4.78, 5) is 14.6. The molecule has 0 spiro atoms. The molecule has 0 aliphatic heterocycles. The van der Waals surface area contributed by atoms with Gasteiger partial charge in [0, 0.05) is 18.3 Å². The number of pyridine rings is 1. The predicted molar refractivity (Wildman–Crippen MR) is 57.4 cm³/mol. The SMILES string of the molecule is NCC(CCC(=O)O)Cc1ccccn1. The minimum Gasteiger partial charge on any atom is -0.481 e. The fourth-order valence-corrected chi connectivity index (χ4v) is 1.45. The van der Waals surface area contributed by atoms with Crippen LogP contribution >= 0.6 is 0 Å². The smallest absolute Gasteiger partial charge is 0.303 e. The molecule has 0 bridgehead atoms. The Hall–Kier alpha value is -1.42. The molecular weight excluding hydrogens is 192 g/mol. The van der Waals surface area contributed by atoms with E-state index in [0.29, 0.717) is 13.0 Å². The number of carbonyl (C=O) groups is 1. The van der Waals surface area contributed by atoms with Crippen LogP contribution in [0, 0.1) is 5.92 Å². The number of hydrogen-bond acceptors (Lipinski definition) is 3. The van der Waals surface area contributed by atoms with Gasteiger partial charge in [0.05, 0.1) is 0 Å². The first-order chi connectivity index (χ1) is 7.22. The highest BCUT2D eigenvalue weighted by atomic mass is 16.4. The summed E-state index contributed by atoms with van der Waals surface area (Å²) in [5, 5.41) is 8.57. The molecule has 0 aliphatic carbocycles. The minimum atomic E-state index is -0.769. The van der Waals surface area contributed by atoms with Crippen molar-refractivity contribution >= 4 is 5.97 Å². The Bertz CT molecular complexity index is 301. The molecule has 0 saturated carbocycles. The second-order valence-corrected chi connectivity index (χ2v) is 3.56. The van der Waals surface area contributed by atoms with E-state index in [2.05, 4.69) is 4.98 Å². The number of carboxylic acids is 1. The molecule has 4 heteroatoms. The van der Waals surface area contributed by atoms with Crippen LogP contribution in [0.1, 0.15) is 18.5 Å². The standard InChI is InChI=1S/C11H16N2O2/c12-8-9(4-5-11(14)15)7-10-3-1-2-6-13-10/h1-3,6,9H,4-5,7-8,12H2,(H,14,15). The molecule has 0 fully saturated rings. The molecule has 82 valence electrons. The summed E-state index contributed by atoms with van der Waals surface area (Å²) in [7, 11) is 0. The number of aliphatic carboxylic acids is 1. The lowest BCUT2D eigenvalue weighted by molar-refractivity contribution is -0.137. The summed E-state index contributed by atoms with van der Waals surface area (Å²) >= 11 is 0. The maximum absolute atomic E-state index is 10.4. The molecule has 0 amide bonds. The topological polar surface area (TPSA) is 76.2 Å². The van der Waals surface area contributed by atoms with Crippen LogP contribution in [0.2, 0.25) is 0 Å². The van der Waals surface area contributed by atoms with Gasteiger partial charge in [0.1, 0.15) is 0 Å². The Morgan fingerprint density at radius 3 is 2.87 bits per heavy atom. The lowest BCUT2D eigenvalue weighted by atomic mass is 9.97. The maximum Gasteiger partial charge on any atom is 0.303 e. The molecule has 15 heavy (non-hydrogen) atoms. The van der Waals surface area contributed by atoms with Crippen molar-refractivity contribution in [2.45, 2.75) is 19.3 Å². The highest BCUT2D eigenvalue weighted by molar-refractivity contribution is 5.66. The normalized spacial score (nSPS) is 12.3. The van der Waals surface area contributed by atoms with Crippen molar-refractivity contribution in [2.75, 3.05) is 6.54 Å². The second-order valence-electron chi connectivity index (χ2n) is 3.56. The van der Waals surface area contributed by atoms with Crippen LogP contribution in [0.3, 0.4) is 0 Å². The highest BCUT2D eigenvalue weighted by Crippen LogP contribution is 2.11. The van der Waals surface area contributed by atoms with Gasteiger partial charge >= 0.3 is 5.97 Å². The summed E-state index contributed by atoms with van der Waals surface area (Å²) < 4.78 is 0. The summed E-state index contributed by atoms with van der Waals surface area (Å²) in [5.41, 5.74) is 6.56. The first kappa shape index (κ1) is 11.7. The summed E-state index contributed by atoms with van der Waals surface area (Å²) in [6.07, 6.45) is 3.28. The van der Waals surface area contributed by atoms with E-state index in [1.165, 1.54) is 0 Å². The van der Waals surface area contributed by atoms with Crippen LogP contribution in [0.5, 0.6) is 0 Å². The van der Waals surface area contributed by atoms with Crippen LogP contribution in [0.4, 0.5) is 0 Å². The predicted octanol–water partition coefficient (Wildman–Crippen LogP) is 1.06. The van der Waals surface area contributed by atoms with Crippen LogP contribution < -0.4 is 5.73 Å². The molecule has 1 unspecified atom stereocenters. The lowest BCUT2D eigenvalue weighted by Gasteiger charge is -2.12. The van der Waals surface area contributed by atoms with Crippen molar-refractivity contribution < 1.29 is 9.90 Å². The van der Waals surface area contributed by atoms with E-state index < -0.39 is 5.97 Å². The van der Waals surface area contributed by atoms with Gasteiger partial charge < -0.3 is 10.8 Å². The van der Waals surface area contributed by atoms with Gasteiger partial charge in [0.2, 0.25) is 0 Å². The first-order valence-electron chi connectivity index (χ1n) is 5.04. The fraction of sp³-hybridized carbons (Fsp3) is 0.455. The van der Waals surface area contributed by atoms with Gasteiger partial charge in [-0.15, -0.1) is 0 Å². The van der Waals surface area contributed by atoms with Crippen molar-refractivity contribution in [1.82, 2.24) is 4.98 Å². The summed E-state index contributed by atoms with van der Waals surface area (Å²) in [6.45, 7) is 0.504. The van der Waals surface area contributed by atoms with Gasteiger partial charge in [-0.3, -0.25) is 9.78 Å². The van der Waals surface area contributed by atoms with E-state index in [1.54, 1.807) is 6.20 Å². The Kier molecular flexibility index (Phi) is 4.77. The molecule has 0 aliphatic rings. The number of rotatable bonds is 6. The molecule has 1 atom stereocenters. The number of aromatic nitrogens is 1. The van der Waals surface area contributed by atoms with Gasteiger partial charge in [0.25, 0.3) is 0 Å². The second kappa shape index (κ2) is 6.14. The van der Waals surface area contributed by atoms with Crippen molar-refractivity contribution in [3.8, 4) is 0 Å². The van der Waals surface area contributed by atoms with Gasteiger partial charge in [-0.1, -0.05) is 6.07 Å². The van der Waals surface area contributed by atoms with E-state index in [9.17, 15) is 4.79 Å². The lowest BCUT2D eigenvalue weighted by Crippen LogP contribution is -2.18. The van der Waals surface area contributed by atoms with Gasteiger partial charge in [0.15, 0.2) is 0 Å². The molecule has 0 saturated heterocycles. The minimum absolute atomic E-state index is 0.175. The fourth-order valence-electron chi connectivity index (χ4n) is 1.45. The van der Waals surface area contributed by atoms with Crippen molar-refractivity contribution in [3.05, 3.63) is 30.1 Å². The van der Waals surface area contributed by atoms with E-state index in [1.807, 2.05) is 18.2 Å². The monoisotopic (exact) mass is 208 g/mol. The van der Waals surface area contributed by atoms with Gasteiger partial charge in [-0.25, -0.2) is 0 Å². The highest BCUT2D eigenvalue weighted by Gasteiger charge is 2.10. The van der Waals surface area contributed by atoms with Crippen LogP contribution in [-0.2, 0) is 11.2 Å². The average molecular weight is 208 g/mol. The van der Waals surface area contributed by atoms with Crippen LogP contribution in [-0.4, -0.2) is 22.6 Å². The molecule has 1 aromatic heterocycles. The molecule has 1 heterocycles. The number of nitrogens with two attached hydrogens (primary N) is 1. The quantitative estimate of drug-likeness (QED) is 0.733. The largest absolute Gasteiger partial charge is 0.481 e. The van der Waals surface area contributed by atoms with Gasteiger partial charge in [-0.05, 0) is 37.4 Å². The number of nitrogens with zero attached hydrogens (tertiary/aromatic N) is 1. The molecule has 1 aromatic rings. The number of carboxylic acid groups (broad SMARTS) is 1. The van der Waals surface area contributed by atoms with E-state index in [-0.39, 0.29) is 12.3 Å². The molecule has 1 rings (SSSR count). The van der Waals surface area contributed by atoms with Crippen molar-refractivity contribution in [1.29, 1.82) is 0 Å². The average Bonchev–Trinajstić information content (AvgIpc) is 2.25. The third-order valence-corrected chi connectivity index (χ3v) is 2.32. The molecule has 0 radical (unpaired) electrons. The van der Waals surface area contributed by atoms with E-state index in [0.717, 1.165) is 12.1 Å². The molecular formula is C11H16N2O2. The van der Waals surface area contributed by atoms with Gasteiger partial charge in [-0.2, -0.15) is 0 Å². The molecule has 0 aromatic carbocycles. The van der Waals surface area contributed by atoms with Crippen molar-refractivity contribution in [2.24, 2.45) is 11.7 Å². The molecule has 3 N–H and O–H groups in total. The summed E-state index contributed by atoms with van der Waals surface area (Å²) in [6, 6.07) is 5.72. The Morgan fingerprint density at radius 2 is 2.33 bits per heavy atom. The Balaban J connectivity index is 2.43. The zero-order valence-electron chi connectivity index (χ0n) is 8.60. The van der Waals surface area contributed by atoms with E-state index in [4.69, 9.17) is 10.8 Å². The zero-order valence-corrected chi connectivity index (χ0v) is 8.60. The Labute approximate surface area is 89.1 Å². The molecule has 4 nitrogen and oxygen atoms in total. The summed E-state index contributed by atoms with van der Waals surface area (Å²) in [5.74, 6) is -0.564. The zero-order chi connectivity index (χ0) is 11.1. The number of hydrogen-bond donors (Lipinski definition) is 2. The first-order valence-corrected chi connectivity index (χ1v) is 5.04. The third kappa shape index (κ3) is 4.56. The maximum atomic E-state index is 10.4. The Morgan fingerprint density at radius 1 is 1.53 bits per heavy atom. The third-order valence-electron chi connectivity index (χ3n) is 2.32.